The minimum Gasteiger partial charge on any atom is -0.396 e. The van der Waals surface area contributed by atoms with Crippen molar-refractivity contribution in [2.75, 3.05) is 13.2 Å². The Labute approximate surface area is 118 Å². The SMILES string of the molecule is C=C(C)C(=O)NCCCCCCCCCCCCO. The maximum Gasteiger partial charge on any atom is 0.246 e. The Morgan fingerprint density at radius 3 is 1.74 bits per heavy atom. The lowest BCUT2D eigenvalue weighted by Gasteiger charge is -2.04. The molecule has 0 aromatic rings. The second-order valence-electron chi connectivity index (χ2n) is 5.30. The maximum atomic E-state index is 11.2. The van der Waals surface area contributed by atoms with Gasteiger partial charge in [0.25, 0.3) is 0 Å². The third-order valence-electron chi connectivity index (χ3n) is 3.26. The van der Waals surface area contributed by atoms with Crippen LogP contribution in [-0.4, -0.2) is 24.2 Å². The van der Waals surface area contributed by atoms with E-state index in [1.807, 2.05) is 0 Å². The van der Waals surface area contributed by atoms with Gasteiger partial charge in [-0.1, -0.05) is 57.9 Å². The molecule has 0 aromatic carbocycles. The Kier molecular flexibility index (Phi) is 13.0. The molecule has 0 spiro atoms. The maximum absolute atomic E-state index is 11.2. The van der Waals surface area contributed by atoms with Gasteiger partial charge in [0.05, 0.1) is 0 Å². The fourth-order valence-corrected chi connectivity index (χ4v) is 2.00. The van der Waals surface area contributed by atoms with E-state index in [1.54, 1.807) is 6.92 Å². The molecule has 112 valence electrons. The summed E-state index contributed by atoms with van der Waals surface area (Å²) in [6, 6.07) is 0. The van der Waals surface area contributed by atoms with Gasteiger partial charge in [-0.2, -0.15) is 0 Å². The molecule has 1 amide bonds. The summed E-state index contributed by atoms with van der Waals surface area (Å²) < 4.78 is 0. The van der Waals surface area contributed by atoms with Crippen molar-refractivity contribution >= 4 is 5.91 Å². The number of carbonyl (C=O) groups excluding carboxylic acids is 1. The summed E-state index contributed by atoms with van der Waals surface area (Å²) in [5.74, 6) is -0.0251. The van der Waals surface area contributed by atoms with E-state index in [-0.39, 0.29) is 5.91 Å². The summed E-state index contributed by atoms with van der Waals surface area (Å²) in [5.41, 5.74) is 0.584. The monoisotopic (exact) mass is 269 g/mol. The van der Waals surface area contributed by atoms with E-state index in [0.29, 0.717) is 12.2 Å². The highest BCUT2D eigenvalue weighted by atomic mass is 16.2. The van der Waals surface area contributed by atoms with Gasteiger partial charge in [-0.3, -0.25) is 4.79 Å². The zero-order valence-electron chi connectivity index (χ0n) is 12.5. The van der Waals surface area contributed by atoms with E-state index >= 15 is 0 Å². The van der Waals surface area contributed by atoms with Crippen LogP contribution < -0.4 is 5.32 Å². The number of hydrogen-bond acceptors (Lipinski definition) is 2. The van der Waals surface area contributed by atoms with Crippen LogP contribution in [0.3, 0.4) is 0 Å². The van der Waals surface area contributed by atoms with Crippen molar-refractivity contribution in [2.45, 2.75) is 71.1 Å². The van der Waals surface area contributed by atoms with Gasteiger partial charge in [0, 0.05) is 18.7 Å². The van der Waals surface area contributed by atoms with Crippen LogP contribution in [-0.2, 0) is 4.79 Å². The van der Waals surface area contributed by atoms with Crippen LogP contribution in [0.1, 0.15) is 71.1 Å². The quantitative estimate of drug-likeness (QED) is 0.397. The van der Waals surface area contributed by atoms with Crippen LogP contribution >= 0.6 is 0 Å². The van der Waals surface area contributed by atoms with Gasteiger partial charge in [-0.05, 0) is 19.8 Å². The summed E-state index contributed by atoms with van der Waals surface area (Å²) in [7, 11) is 0. The first kappa shape index (κ1) is 18.2. The number of nitrogens with one attached hydrogen (secondary N) is 1. The van der Waals surface area contributed by atoms with E-state index in [2.05, 4.69) is 11.9 Å². The molecule has 0 saturated carbocycles. The van der Waals surface area contributed by atoms with Crippen LogP contribution in [0.15, 0.2) is 12.2 Å². The molecule has 3 heteroatoms. The van der Waals surface area contributed by atoms with Crippen LogP contribution in [0.4, 0.5) is 0 Å². The van der Waals surface area contributed by atoms with Crippen molar-refractivity contribution in [3.63, 3.8) is 0 Å². The fourth-order valence-electron chi connectivity index (χ4n) is 2.00. The van der Waals surface area contributed by atoms with Crippen molar-refractivity contribution in [1.29, 1.82) is 0 Å². The molecule has 0 aliphatic carbocycles. The Hall–Kier alpha value is -0.830. The minimum absolute atomic E-state index is 0.0251. The highest BCUT2D eigenvalue weighted by Crippen LogP contribution is 2.10. The van der Waals surface area contributed by atoms with Gasteiger partial charge in [0.1, 0.15) is 0 Å². The molecular weight excluding hydrogens is 238 g/mol. The molecule has 0 heterocycles. The molecule has 0 rings (SSSR count). The second kappa shape index (κ2) is 13.6. The summed E-state index contributed by atoms with van der Waals surface area (Å²) in [5, 5.41) is 11.5. The molecule has 0 fully saturated rings. The van der Waals surface area contributed by atoms with Crippen molar-refractivity contribution in [3.8, 4) is 0 Å². The van der Waals surface area contributed by atoms with E-state index in [4.69, 9.17) is 5.11 Å². The predicted octanol–water partition coefficient (Wildman–Crippen LogP) is 3.57. The van der Waals surface area contributed by atoms with E-state index in [0.717, 1.165) is 19.4 Å². The summed E-state index contributed by atoms with van der Waals surface area (Å²) in [4.78, 5) is 11.2. The standard InChI is InChI=1S/C16H31NO2/c1-15(2)16(19)17-13-11-9-7-5-3-4-6-8-10-12-14-18/h18H,1,3-14H2,2H3,(H,17,19). The van der Waals surface area contributed by atoms with Crippen LogP contribution in [0.2, 0.25) is 0 Å². The smallest absolute Gasteiger partial charge is 0.246 e. The van der Waals surface area contributed by atoms with Gasteiger partial charge in [-0.25, -0.2) is 0 Å². The molecule has 3 nitrogen and oxygen atoms in total. The molecule has 0 saturated heterocycles. The van der Waals surface area contributed by atoms with Crippen molar-refractivity contribution < 1.29 is 9.90 Å². The number of amides is 1. The fraction of sp³-hybridized carbons (Fsp3) is 0.812. The number of unbranched alkanes of at least 4 members (excludes halogenated alkanes) is 9. The Morgan fingerprint density at radius 2 is 1.32 bits per heavy atom. The first-order valence-corrected chi connectivity index (χ1v) is 7.73. The summed E-state index contributed by atoms with van der Waals surface area (Å²) in [6.07, 6.45) is 12.1. The van der Waals surface area contributed by atoms with Gasteiger partial charge in [0.15, 0.2) is 0 Å². The van der Waals surface area contributed by atoms with Gasteiger partial charge in [0.2, 0.25) is 5.91 Å². The molecule has 0 atom stereocenters. The topological polar surface area (TPSA) is 49.3 Å². The van der Waals surface area contributed by atoms with Crippen molar-refractivity contribution in [1.82, 2.24) is 5.32 Å². The Morgan fingerprint density at radius 1 is 0.895 bits per heavy atom. The highest BCUT2D eigenvalue weighted by Gasteiger charge is 1.99. The molecule has 0 radical (unpaired) electrons. The average molecular weight is 269 g/mol. The van der Waals surface area contributed by atoms with Gasteiger partial charge >= 0.3 is 0 Å². The summed E-state index contributed by atoms with van der Waals surface area (Å²) in [6.45, 7) is 6.44. The number of carbonyl (C=O) groups is 1. The lowest BCUT2D eigenvalue weighted by atomic mass is 10.1. The first-order chi connectivity index (χ1) is 9.18. The molecule has 0 aromatic heterocycles. The zero-order chi connectivity index (χ0) is 14.3. The van der Waals surface area contributed by atoms with Crippen LogP contribution in [0.5, 0.6) is 0 Å². The van der Waals surface area contributed by atoms with Gasteiger partial charge in [-0.15, -0.1) is 0 Å². The largest absolute Gasteiger partial charge is 0.396 e. The molecule has 0 bridgehead atoms. The molecule has 0 aliphatic rings. The Bertz CT molecular complexity index is 239. The average Bonchev–Trinajstić information content (AvgIpc) is 2.39. The predicted molar refractivity (Wildman–Crippen MR) is 81.1 cm³/mol. The number of aliphatic hydroxyl groups is 1. The molecular formula is C16H31NO2. The molecule has 0 unspecified atom stereocenters. The third kappa shape index (κ3) is 13.4. The first-order valence-electron chi connectivity index (χ1n) is 7.73. The molecule has 2 N–H and O–H groups in total. The van der Waals surface area contributed by atoms with E-state index < -0.39 is 0 Å². The number of hydrogen-bond donors (Lipinski definition) is 2. The van der Waals surface area contributed by atoms with Gasteiger partial charge < -0.3 is 10.4 Å². The second-order valence-corrected chi connectivity index (χ2v) is 5.30. The minimum atomic E-state index is -0.0251. The van der Waals surface area contributed by atoms with Crippen LogP contribution in [0, 0.1) is 0 Å². The van der Waals surface area contributed by atoms with Crippen molar-refractivity contribution in [3.05, 3.63) is 12.2 Å². The zero-order valence-corrected chi connectivity index (χ0v) is 12.5. The lowest BCUT2D eigenvalue weighted by Crippen LogP contribution is -2.24. The summed E-state index contributed by atoms with van der Waals surface area (Å²) >= 11 is 0. The molecule has 0 aliphatic heterocycles. The highest BCUT2D eigenvalue weighted by molar-refractivity contribution is 5.91. The Balaban J connectivity index is 3.07. The lowest BCUT2D eigenvalue weighted by molar-refractivity contribution is -0.117. The molecule has 19 heavy (non-hydrogen) atoms. The van der Waals surface area contributed by atoms with E-state index in [9.17, 15) is 4.79 Å². The van der Waals surface area contributed by atoms with Crippen molar-refractivity contribution in [2.24, 2.45) is 0 Å². The van der Waals surface area contributed by atoms with E-state index in [1.165, 1.54) is 51.4 Å². The number of aliphatic hydroxyl groups excluding tert-OH is 1. The normalized spacial score (nSPS) is 10.4. The third-order valence-corrected chi connectivity index (χ3v) is 3.26. The van der Waals surface area contributed by atoms with Crippen LogP contribution in [0.25, 0.3) is 0 Å². The number of rotatable bonds is 13.